The summed E-state index contributed by atoms with van der Waals surface area (Å²) in [7, 11) is 0. The number of nitro groups is 1. The van der Waals surface area contributed by atoms with E-state index < -0.39 is 11.0 Å². The highest BCUT2D eigenvalue weighted by Gasteiger charge is 2.33. The molecule has 6 heteroatoms. The Hall–Kier alpha value is -2.11. The molecule has 0 saturated heterocycles. The Morgan fingerprint density at radius 3 is 2.71 bits per heavy atom. The molecule has 6 nitrogen and oxygen atoms in total. The van der Waals surface area contributed by atoms with Gasteiger partial charge in [-0.2, -0.15) is 0 Å². The maximum atomic E-state index is 12.4. The summed E-state index contributed by atoms with van der Waals surface area (Å²) in [4.78, 5) is 24.5. The van der Waals surface area contributed by atoms with Crippen molar-refractivity contribution in [3.05, 3.63) is 28.3 Å². The molecule has 21 heavy (non-hydrogen) atoms. The number of ether oxygens (including phenoxy) is 1. The van der Waals surface area contributed by atoms with E-state index in [0.717, 1.165) is 19.3 Å². The van der Waals surface area contributed by atoms with Crippen molar-refractivity contribution in [3.8, 4) is 5.75 Å². The fourth-order valence-corrected chi connectivity index (χ4v) is 2.43. The number of hydrogen-bond donors (Lipinski definition) is 0. The molecule has 1 unspecified atom stereocenters. The largest absolute Gasteiger partial charge is 0.478 e. The van der Waals surface area contributed by atoms with Crippen molar-refractivity contribution in [3.63, 3.8) is 0 Å². The Balaban J connectivity index is 2.35. The number of hydrogen-bond acceptors (Lipinski definition) is 4. The van der Waals surface area contributed by atoms with Crippen LogP contribution in [-0.2, 0) is 4.79 Å². The SMILES string of the molecule is CCCCCN1C(=O)C(CC)Oc2ccc([N+](=O)[O-])cc21. The second-order valence-corrected chi connectivity index (χ2v) is 5.12. The number of non-ortho nitro benzene ring substituents is 1. The lowest BCUT2D eigenvalue weighted by Crippen LogP contribution is -2.46. The van der Waals surface area contributed by atoms with Gasteiger partial charge in [0.2, 0.25) is 0 Å². The van der Waals surface area contributed by atoms with Crippen LogP contribution >= 0.6 is 0 Å². The molecule has 0 N–H and O–H groups in total. The third kappa shape index (κ3) is 3.15. The number of fused-ring (bicyclic) bond motifs is 1. The first kappa shape index (κ1) is 15.3. The predicted octanol–water partition coefficient (Wildman–Crippen LogP) is 3.29. The van der Waals surface area contributed by atoms with Crippen LogP contribution in [0, 0.1) is 10.1 Å². The van der Waals surface area contributed by atoms with Crippen LogP contribution in [0.5, 0.6) is 5.75 Å². The Morgan fingerprint density at radius 1 is 1.33 bits per heavy atom. The summed E-state index contributed by atoms with van der Waals surface area (Å²) in [5, 5.41) is 10.9. The number of benzene rings is 1. The molecule has 1 atom stereocenters. The van der Waals surface area contributed by atoms with E-state index in [2.05, 4.69) is 6.92 Å². The highest BCUT2D eigenvalue weighted by molar-refractivity contribution is 6.00. The minimum Gasteiger partial charge on any atom is -0.478 e. The number of carbonyl (C=O) groups excluding carboxylic acids is 1. The molecule has 1 aromatic carbocycles. The van der Waals surface area contributed by atoms with E-state index in [1.54, 1.807) is 11.0 Å². The molecule has 0 radical (unpaired) electrons. The molecule has 1 aliphatic rings. The fourth-order valence-electron chi connectivity index (χ4n) is 2.43. The van der Waals surface area contributed by atoms with E-state index in [4.69, 9.17) is 4.74 Å². The zero-order chi connectivity index (χ0) is 15.4. The van der Waals surface area contributed by atoms with Gasteiger partial charge < -0.3 is 9.64 Å². The van der Waals surface area contributed by atoms with Gasteiger partial charge in [0.05, 0.1) is 10.6 Å². The maximum Gasteiger partial charge on any atom is 0.271 e. The second kappa shape index (κ2) is 6.56. The van der Waals surface area contributed by atoms with E-state index in [-0.39, 0.29) is 11.6 Å². The van der Waals surface area contributed by atoms with Crippen LogP contribution in [0.15, 0.2) is 18.2 Å². The first-order valence-electron chi connectivity index (χ1n) is 7.35. The topological polar surface area (TPSA) is 72.7 Å². The molecular weight excluding hydrogens is 272 g/mol. The number of unbranched alkanes of at least 4 members (excludes halogenated alkanes) is 2. The molecule has 0 bridgehead atoms. The molecule has 0 aromatic heterocycles. The number of rotatable bonds is 6. The van der Waals surface area contributed by atoms with Gasteiger partial charge in [-0.25, -0.2) is 0 Å². The Bertz CT molecular complexity index is 544. The van der Waals surface area contributed by atoms with Crippen molar-refractivity contribution in [2.75, 3.05) is 11.4 Å². The van der Waals surface area contributed by atoms with Crippen molar-refractivity contribution in [2.45, 2.75) is 45.6 Å². The summed E-state index contributed by atoms with van der Waals surface area (Å²) in [6.45, 7) is 4.55. The van der Waals surface area contributed by atoms with Gasteiger partial charge in [0, 0.05) is 18.7 Å². The van der Waals surface area contributed by atoms with Crippen LogP contribution in [0.1, 0.15) is 39.5 Å². The zero-order valence-corrected chi connectivity index (χ0v) is 12.4. The standard InChI is InChI=1S/C15H20N2O4/c1-3-5-6-9-16-12-10-11(17(19)20)7-8-14(12)21-13(4-2)15(16)18/h7-8,10,13H,3-6,9H2,1-2H3. The second-order valence-electron chi connectivity index (χ2n) is 5.12. The monoisotopic (exact) mass is 292 g/mol. The average molecular weight is 292 g/mol. The van der Waals surface area contributed by atoms with Gasteiger partial charge in [-0.05, 0) is 18.9 Å². The smallest absolute Gasteiger partial charge is 0.271 e. The Kier molecular flexibility index (Phi) is 4.77. The van der Waals surface area contributed by atoms with Crippen molar-refractivity contribution in [2.24, 2.45) is 0 Å². The van der Waals surface area contributed by atoms with Crippen molar-refractivity contribution in [1.29, 1.82) is 0 Å². The van der Waals surface area contributed by atoms with Gasteiger partial charge in [0.25, 0.3) is 11.6 Å². The van der Waals surface area contributed by atoms with Crippen molar-refractivity contribution in [1.82, 2.24) is 0 Å². The number of amides is 1. The van der Waals surface area contributed by atoms with Crippen LogP contribution in [-0.4, -0.2) is 23.5 Å². The van der Waals surface area contributed by atoms with Gasteiger partial charge in [-0.1, -0.05) is 26.7 Å². The molecule has 114 valence electrons. The summed E-state index contributed by atoms with van der Waals surface area (Å²) in [5.74, 6) is 0.435. The van der Waals surface area contributed by atoms with E-state index in [1.165, 1.54) is 12.1 Å². The summed E-state index contributed by atoms with van der Waals surface area (Å²) >= 11 is 0. The van der Waals surface area contributed by atoms with E-state index in [0.29, 0.717) is 24.4 Å². The maximum absolute atomic E-state index is 12.4. The lowest BCUT2D eigenvalue weighted by atomic mass is 10.1. The minimum atomic E-state index is -0.499. The van der Waals surface area contributed by atoms with Crippen LogP contribution in [0.3, 0.4) is 0 Å². The zero-order valence-electron chi connectivity index (χ0n) is 12.4. The molecular formula is C15H20N2O4. The highest BCUT2D eigenvalue weighted by atomic mass is 16.6. The first-order chi connectivity index (χ1) is 10.1. The van der Waals surface area contributed by atoms with Gasteiger partial charge >= 0.3 is 0 Å². The number of nitro benzene ring substituents is 1. The number of nitrogens with zero attached hydrogens (tertiary/aromatic N) is 2. The highest BCUT2D eigenvalue weighted by Crippen LogP contribution is 2.37. The number of carbonyl (C=O) groups is 1. The van der Waals surface area contributed by atoms with Gasteiger partial charge in [0.15, 0.2) is 6.10 Å². The summed E-state index contributed by atoms with van der Waals surface area (Å²) < 4.78 is 5.65. The van der Waals surface area contributed by atoms with Crippen LogP contribution in [0.2, 0.25) is 0 Å². The van der Waals surface area contributed by atoms with Crippen LogP contribution in [0.25, 0.3) is 0 Å². The molecule has 0 fully saturated rings. The molecule has 0 aliphatic carbocycles. The van der Waals surface area contributed by atoms with E-state index in [1.807, 2.05) is 6.92 Å². The van der Waals surface area contributed by atoms with Crippen LogP contribution in [0.4, 0.5) is 11.4 Å². The third-order valence-corrected chi connectivity index (χ3v) is 3.61. The molecule has 1 aromatic rings. The van der Waals surface area contributed by atoms with Gasteiger partial charge in [-0.3, -0.25) is 14.9 Å². The Morgan fingerprint density at radius 2 is 2.10 bits per heavy atom. The molecule has 0 spiro atoms. The lowest BCUT2D eigenvalue weighted by Gasteiger charge is -2.34. The summed E-state index contributed by atoms with van der Waals surface area (Å²) in [6, 6.07) is 4.41. The lowest BCUT2D eigenvalue weighted by molar-refractivity contribution is -0.384. The van der Waals surface area contributed by atoms with Crippen molar-refractivity contribution >= 4 is 17.3 Å². The normalized spacial score (nSPS) is 17.3. The minimum absolute atomic E-state index is 0.0272. The molecule has 1 aliphatic heterocycles. The fraction of sp³-hybridized carbons (Fsp3) is 0.533. The Labute approximate surface area is 123 Å². The average Bonchev–Trinajstić information content (AvgIpc) is 2.48. The molecule has 0 saturated carbocycles. The molecule has 2 rings (SSSR count). The quantitative estimate of drug-likeness (QED) is 0.458. The van der Waals surface area contributed by atoms with Gasteiger partial charge in [-0.15, -0.1) is 0 Å². The molecule has 1 amide bonds. The molecule has 1 heterocycles. The van der Waals surface area contributed by atoms with E-state index >= 15 is 0 Å². The van der Waals surface area contributed by atoms with Crippen LogP contribution < -0.4 is 9.64 Å². The predicted molar refractivity (Wildman–Crippen MR) is 79.7 cm³/mol. The van der Waals surface area contributed by atoms with Gasteiger partial charge in [0.1, 0.15) is 5.75 Å². The third-order valence-electron chi connectivity index (χ3n) is 3.61. The summed E-state index contributed by atoms with van der Waals surface area (Å²) in [6.07, 6.45) is 3.03. The van der Waals surface area contributed by atoms with Crippen molar-refractivity contribution < 1.29 is 14.5 Å². The first-order valence-corrected chi connectivity index (χ1v) is 7.35. The number of anilines is 1. The summed E-state index contributed by atoms with van der Waals surface area (Å²) in [5.41, 5.74) is 0.482. The van der Waals surface area contributed by atoms with E-state index in [9.17, 15) is 14.9 Å².